The number of carbonyl (C=O) groups excluding carboxylic acids is 1. The van der Waals surface area contributed by atoms with E-state index in [0.717, 1.165) is 28.5 Å². The number of aromatic nitrogens is 2. The van der Waals surface area contributed by atoms with Crippen LogP contribution in [0.2, 0.25) is 0 Å². The van der Waals surface area contributed by atoms with Crippen molar-refractivity contribution in [3.63, 3.8) is 0 Å². The second-order valence-corrected chi connectivity index (χ2v) is 8.02. The van der Waals surface area contributed by atoms with Crippen molar-refractivity contribution in [2.24, 2.45) is 0 Å². The van der Waals surface area contributed by atoms with Gasteiger partial charge in [-0.15, -0.1) is 11.3 Å². The largest absolute Gasteiger partial charge is 0.348 e. The van der Waals surface area contributed by atoms with E-state index in [1.165, 1.54) is 22.2 Å². The van der Waals surface area contributed by atoms with Gasteiger partial charge in [0.05, 0.1) is 5.25 Å². The molecular weight excluding hydrogens is 302 g/mol. The summed E-state index contributed by atoms with van der Waals surface area (Å²) >= 11 is 3.36. The van der Waals surface area contributed by atoms with Gasteiger partial charge in [-0.3, -0.25) is 4.79 Å². The molecule has 0 radical (unpaired) electrons. The number of hydrogen-bond acceptors (Lipinski definition) is 5. The zero-order valence-electron chi connectivity index (χ0n) is 12.8. The van der Waals surface area contributed by atoms with E-state index in [-0.39, 0.29) is 11.2 Å². The lowest BCUT2D eigenvalue weighted by molar-refractivity contribution is -0.127. The lowest BCUT2D eigenvalue weighted by atomic mass is 10.2. The molecule has 0 aliphatic heterocycles. The van der Waals surface area contributed by atoms with Crippen LogP contribution in [0.4, 0.5) is 0 Å². The number of thiophene rings is 1. The van der Waals surface area contributed by atoms with Gasteiger partial charge in [0, 0.05) is 24.4 Å². The average Bonchev–Trinajstić information content (AvgIpc) is 2.96. The molecule has 21 heavy (non-hydrogen) atoms. The number of hydrogen-bond donors (Lipinski definition) is 0. The molecule has 2 aromatic heterocycles. The topological polar surface area (TPSA) is 46.1 Å². The van der Waals surface area contributed by atoms with E-state index >= 15 is 0 Å². The molecule has 0 aromatic carbocycles. The van der Waals surface area contributed by atoms with Crippen LogP contribution in [-0.2, 0) is 17.6 Å². The van der Waals surface area contributed by atoms with Crippen LogP contribution in [0.25, 0.3) is 10.2 Å². The van der Waals surface area contributed by atoms with E-state index in [9.17, 15) is 4.79 Å². The first kappa shape index (κ1) is 14.8. The molecule has 0 bridgehead atoms. The second-order valence-electron chi connectivity index (χ2n) is 5.61. The fourth-order valence-corrected chi connectivity index (χ4v) is 5.27. The highest BCUT2D eigenvalue weighted by Crippen LogP contribution is 2.41. The van der Waals surface area contributed by atoms with Crippen molar-refractivity contribution < 1.29 is 4.79 Å². The first-order valence-electron chi connectivity index (χ1n) is 7.14. The highest BCUT2D eigenvalue weighted by Gasteiger charge is 2.24. The summed E-state index contributed by atoms with van der Waals surface area (Å²) in [5.41, 5.74) is 1.42. The summed E-state index contributed by atoms with van der Waals surface area (Å²) < 4.78 is 0. The zero-order valence-corrected chi connectivity index (χ0v) is 14.4. The molecule has 3 rings (SSSR count). The first-order valence-corrected chi connectivity index (χ1v) is 8.83. The molecule has 1 amide bonds. The fourth-order valence-electron chi connectivity index (χ4n) is 2.73. The predicted octanol–water partition coefficient (Wildman–Crippen LogP) is 3.06. The Kier molecular flexibility index (Phi) is 3.92. The number of rotatable bonds is 3. The summed E-state index contributed by atoms with van der Waals surface area (Å²) in [5, 5.41) is 2.04. The summed E-state index contributed by atoms with van der Waals surface area (Å²) in [6.07, 6.45) is 3.50. The molecular formula is C15H19N3OS2. The SMILES string of the molecule is Cc1nc(S[C@@H](C)C(=O)N(C)C)c2c3c(sc2n1)CCC3. The Morgan fingerprint density at radius 2 is 2.10 bits per heavy atom. The van der Waals surface area contributed by atoms with E-state index in [0.29, 0.717) is 0 Å². The molecule has 0 N–H and O–H groups in total. The van der Waals surface area contributed by atoms with Crippen molar-refractivity contribution in [1.82, 2.24) is 14.9 Å². The van der Waals surface area contributed by atoms with Gasteiger partial charge in [-0.1, -0.05) is 11.8 Å². The number of thioether (sulfide) groups is 1. The molecule has 0 saturated carbocycles. The number of amides is 1. The number of aryl methyl sites for hydroxylation is 3. The lowest BCUT2D eigenvalue weighted by Crippen LogP contribution is -2.29. The van der Waals surface area contributed by atoms with E-state index < -0.39 is 0 Å². The summed E-state index contributed by atoms with van der Waals surface area (Å²) in [5.74, 6) is 0.908. The van der Waals surface area contributed by atoms with Crippen LogP contribution in [0.5, 0.6) is 0 Å². The number of fused-ring (bicyclic) bond motifs is 3. The molecule has 1 aliphatic carbocycles. The van der Waals surface area contributed by atoms with Crippen molar-refractivity contribution in [2.75, 3.05) is 14.1 Å². The summed E-state index contributed by atoms with van der Waals surface area (Å²) in [6, 6.07) is 0. The maximum absolute atomic E-state index is 12.1. The molecule has 1 atom stereocenters. The average molecular weight is 321 g/mol. The van der Waals surface area contributed by atoms with Crippen LogP contribution in [0.3, 0.4) is 0 Å². The van der Waals surface area contributed by atoms with Crippen LogP contribution in [0, 0.1) is 6.92 Å². The van der Waals surface area contributed by atoms with Crippen LogP contribution in [0.15, 0.2) is 5.03 Å². The molecule has 0 fully saturated rings. The Balaban J connectivity index is 2.03. The molecule has 0 spiro atoms. The van der Waals surface area contributed by atoms with Gasteiger partial charge in [0.25, 0.3) is 0 Å². The molecule has 2 aromatic rings. The fraction of sp³-hybridized carbons (Fsp3) is 0.533. The smallest absolute Gasteiger partial charge is 0.235 e. The number of carbonyl (C=O) groups is 1. The third-order valence-electron chi connectivity index (χ3n) is 3.72. The van der Waals surface area contributed by atoms with Gasteiger partial charge in [-0.05, 0) is 38.7 Å². The Morgan fingerprint density at radius 3 is 2.81 bits per heavy atom. The van der Waals surface area contributed by atoms with Crippen molar-refractivity contribution in [3.8, 4) is 0 Å². The minimum absolute atomic E-state index is 0.122. The summed E-state index contributed by atoms with van der Waals surface area (Å²) in [7, 11) is 3.59. The lowest BCUT2D eigenvalue weighted by Gasteiger charge is -2.16. The Hall–Kier alpha value is -1.14. The standard InChI is InChI=1S/C15H19N3OS2/c1-8(15(19)18(3)4)20-13-12-10-6-5-7-11(10)21-14(12)17-9(2)16-13/h8H,5-7H2,1-4H3/t8-/m0/s1. The van der Waals surface area contributed by atoms with Crippen LogP contribution >= 0.6 is 23.1 Å². The van der Waals surface area contributed by atoms with Gasteiger partial charge in [-0.25, -0.2) is 9.97 Å². The highest BCUT2D eigenvalue weighted by molar-refractivity contribution is 8.00. The monoisotopic (exact) mass is 321 g/mol. The molecule has 0 saturated heterocycles. The second kappa shape index (κ2) is 5.57. The highest BCUT2D eigenvalue weighted by atomic mass is 32.2. The van der Waals surface area contributed by atoms with E-state index in [1.807, 2.05) is 13.8 Å². The maximum Gasteiger partial charge on any atom is 0.235 e. The Labute approximate surface area is 133 Å². The Bertz CT molecular complexity index is 708. The minimum Gasteiger partial charge on any atom is -0.348 e. The Morgan fingerprint density at radius 1 is 1.33 bits per heavy atom. The molecule has 1 aliphatic rings. The maximum atomic E-state index is 12.1. The van der Waals surface area contributed by atoms with Crippen LogP contribution in [0.1, 0.15) is 29.6 Å². The van der Waals surface area contributed by atoms with Crippen molar-refractivity contribution in [2.45, 2.75) is 43.4 Å². The van der Waals surface area contributed by atoms with Crippen LogP contribution in [-0.4, -0.2) is 40.1 Å². The third-order valence-corrected chi connectivity index (χ3v) is 5.98. The third kappa shape index (κ3) is 2.66. The van der Waals surface area contributed by atoms with E-state index in [1.54, 1.807) is 42.1 Å². The summed E-state index contributed by atoms with van der Waals surface area (Å²) in [4.78, 5) is 25.5. The van der Waals surface area contributed by atoms with E-state index in [4.69, 9.17) is 0 Å². The minimum atomic E-state index is -0.130. The van der Waals surface area contributed by atoms with Crippen molar-refractivity contribution in [1.29, 1.82) is 0 Å². The molecule has 4 nitrogen and oxygen atoms in total. The molecule has 0 unspecified atom stereocenters. The van der Waals surface area contributed by atoms with Gasteiger partial charge in [-0.2, -0.15) is 0 Å². The van der Waals surface area contributed by atoms with Gasteiger partial charge in [0.1, 0.15) is 15.7 Å². The zero-order chi connectivity index (χ0) is 15.1. The van der Waals surface area contributed by atoms with Gasteiger partial charge in [0.15, 0.2) is 0 Å². The van der Waals surface area contributed by atoms with Gasteiger partial charge >= 0.3 is 0 Å². The quantitative estimate of drug-likeness (QED) is 0.644. The predicted molar refractivity (Wildman–Crippen MR) is 88.2 cm³/mol. The summed E-state index contributed by atoms with van der Waals surface area (Å²) in [6.45, 7) is 3.87. The molecule has 6 heteroatoms. The van der Waals surface area contributed by atoms with Crippen LogP contribution < -0.4 is 0 Å². The van der Waals surface area contributed by atoms with Crippen molar-refractivity contribution >= 4 is 39.2 Å². The first-order chi connectivity index (χ1) is 9.97. The normalized spacial score (nSPS) is 15.2. The van der Waals surface area contributed by atoms with Crippen molar-refractivity contribution in [3.05, 3.63) is 16.3 Å². The molecule has 2 heterocycles. The van der Waals surface area contributed by atoms with E-state index in [2.05, 4.69) is 9.97 Å². The number of nitrogens with zero attached hydrogens (tertiary/aromatic N) is 3. The van der Waals surface area contributed by atoms with Gasteiger partial charge in [0.2, 0.25) is 5.91 Å². The van der Waals surface area contributed by atoms with Gasteiger partial charge < -0.3 is 4.90 Å². The molecule has 112 valence electrons.